The van der Waals surface area contributed by atoms with Gasteiger partial charge in [-0.2, -0.15) is 0 Å². The van der Waals surface area contributed by atoms with Gasteiger partial charge in [0, 0.05) is 18.8 Å². The number of rotatable bonds is 4. The number of ketones is 1. The maximum Gasteiger partial charge on any atom is 0.133 e. The van der Waals surface area contributed by atoms with Crippen LogP contribution in [0.4, 0.5) is 0 Å². The molecule has 0 fully saturated rings. The zero-order valence-electron chi connectivity index (χ0n) is 5.35. The first-order valence-electron chi connectivity index (χ1n) is 2.88. The van der Waals surface area contributed by atoms with Crippen LogP contribution in [-0.4, -0.2) is 11.8 Å². The van der Waals surface area contributed by atoms with Gasteiger partial charge in [-0.25, -0.2) is 0 Å². The van der Waals surface area contributed by atoms with Crippen LogP contribution in [0.15, 0.2) is 0 Å². The SMILES string of the molecule is CCC(=O)CCC(=O)[O-]. The number of hydrogen-bond acceptors (Lipinski definition) is 3. The van der Waals surface area contributed by atoms with E-state index in [9.17, 15) is 14.7 Å². The molecule has 0 aromatic heterocycles. The fourth-order valence-corrected chi connectivity index (χ4v) is 0.418. The van der Waals surface area contributed by atoms with Crippen LogP contribution >= 0.6 is 0 Å². The molecule has 0 aliphatic rings. The Morgan fingerprint density at radius 2 is 1.89 bits per heavy atom. The molecule has 0 rings (SSSR count). The van der Waals surface area contributed by atoms with Crippen molar-refractivity contribution in [1.29, 1.82) is 0 Å². The number of Topliss-reactive ketones (excluding diaryl/α,β-unsaturated/α-hetero) is 1. The zero-order valence-corrected chi connectivity index (χ0v) is 5.35. The van der Waals surface area contributed by atoms with Gasteiger partial charge < -0.3 is 9.90 Å². The second-order valence-electron chi connectivity index (χ2n) is 1.76. The summed E-state index contributed by atoms with van der Waals surface area (Å²) in [6, 6.07) is 0. The minimum absolute atomic E-state index is 0.0285. The van der Waals surface area contributed by atoms with Gasteiger partial charge in [0.15, 0.2) is 0 Å². The van der Waals surface area contributed by atoms with Crippen molar-refractivity contribution in [2.24, 2.45) is 0 Å². The standard InChI is InChI=1S/C6H10O3/c1-2-5(7)3-4-6(8)9/h2-4H2,1H3,(H,8,9)/p-1. The summed E-state index contributed by atoms with van der Waals surface area (Å²) in [5, 5.41) is 9.76. The van der Waals surface area contributed by atoms with Crippen LogP contribution in [0, 0.1) is 0 Å². The van der Waals surface area contributed by atoms with Gasteiger partial charge >= 0.3 is 0 Å². The van der Waals surface area contributed by atoms with Crippen LogP contribution in [0.2, 0.25) is 0 Å². The van der Waals surface area contributed by atoms with Crippen LogP contribution in [0.3, 0.4) is 0 Å². The number of carboxylic acid groups (broad SMARTS) is 1. The molecule has 3 heteroatoms. The summed E-state index contributed by atoms with van der Waals surface area (Å²) in [6.45, 7) is 1.71. The Labute approximate surface area is 53.7 Å². The fraction of sp³-hybridized carbons (Fsp3) is 0.667. The monoisotopic (exact) mass is 129 g/mol. The maximum atomic E-state index is 10.4. The van der Waals surface area contributed by atoms with Crippen molar-refractivity contribution < 1.29 is 14.7 Å². The Hall–Kier alpha value is -0.860. The maximum absolute atomic E-state index is 10.4. The number of hydrogen-bond donors (Lipinski definition) is 0. The van der Waals surface area contributed by atoms with Gasteiger partial charge in [0.25, 0.3) is 0 Å². The van der Waals surface area contributed by atoms with Crippen molar-refractivity contribution in [3.8, 4) is 0 Å². The molecule has 0 atom stereocenters. The molecule has 0 aromatic rings. The summed E-state index contributed by atoms with van der Waals surface area (Å²) in [5.74, 6) is -1.18. The van der Waals surface area contributed by atoms with Crippen molar-refractivity contribution in [2.45, 2.75) is 26.2 Å². The largest absolute Gasteiger partial charge is 0.550 e. The fourth-order valence-electron chi connectivity index (χ4n) is 0.418. The molecule has 0 heterocycles. The highest BCUT2D eigenvalue weighted by molar-refractivity contribution is 5.81. The lowest BCUT2D eigenvalue weighted by molar-refractivity contribution is -0.305. The van der Waals surface area contributed by atoms with E-state index in [4.69, 9.17) is 0 Å². The lowest BCUT2D eigenvalue weighted by Gasteiger charge is -1.97. The summed E-state index contributed by atoms with van der Waals surface area (Å²) in [5.41, 5.74) is 0. The van der Waals surface area contributed by atoms with Crippen LogP contribution in [0.1, 0.15) is 26.2 Å². The second kappa shape index (κ2) is 4.06. The highest BCUT2D eigenvalue weighted by Crippen LogP contribution is 1.91. The molecule has 52 valence electrons. The molecule has 0 aromatic carbocycles. The van der Waals surface area contributed by atoms with E-state index in [1.54, 1.807) is 6.92 Å². The molecule has 0 radical (unpaired) electrons. The van der Waals surface area contributed by atoms with E-state index in [2.05, 4.69) is 0 Å². The zero-order chi connectivity index (χ0) is 7.28. The van der Waals surface area contributed by atoms with Crippen LogP contribution in [0.25, 0.3) is 0 Å². The first kappa shape index (κ1) is 8.14. The van der Waals surface area contributed by atoms with E-state index in [0.29, 0.717) is 6.42 Å². The van der Waals surface area contributed by atoms with E-state index in [1.807, 2.05) is 0 Å². The highest BCUT2D eigenvalue weighted by atomic mass is 16.4. The van der Waals surface area contributed by atoms with Crippen molar-refractivity contribution >= 4 is 11.8 Å². The lowest BCUT2D eigenvalue weighted by Crippen LogP contribution is -2.22. The first-order valence-corrected chi connectivity index (χ1v) is 2.88. The van der Waals surface area contributed by atoms with E-state index in [0.717, 1.165) is 0 Å². The molecule has 3 nitrogen and oxygen atoms in total. The van der Waals surface area contributed by atoms with E-state index < -0.39 is 5.97 Å². The third-order valence-electron chi connectivity index (χ3n) is 1.00. The molecule has 0 saturated heterocycles. The third kappa shape index (κ3) is 5.00. The minimum atomic E-state index is -1.16. The Morgan fingerprint density at radius 1 is 1.33 bits per heavy atom. The Balaban J connectivity index is 3.28. The number of carbonyl (C=O) groups excluding carboxylic acids is 2. The summed E-state index contributed by atoms with van der Waals surface area (Å²) in [4.78, 5) is 20.2. The van der Waals surface area contributed by atoms with Crippen LogP contribution < -0.4 is 5.11 Å². The van der Waals surface area contributed by atoms with E-state index >= 15 is 0 Å². The van der Waals surface area contributed by atoms with Crippen LogP contribution in [0.5, 0.6) is 0 Å². The van der Waals surface area contributed by atoms with Gasteiger partial charge in [0.2, 0.25) is 0 Å². The Morgan fingerprint density at radius 3 is 2.22 bits per heavy atom. The molecule has 9 heavy (non-hydrogen) atoms. The average Bonchev–Trinajstić information content (AvgIpc) is 1.83. The smallest absolute Gasteiger partial charge is 0.133 e. The number of carboxylic acids is 1. The normalized spacial score (nSPS) is 9.00. The quantitative estimate of drug-likeness (QED) is 0.514. The molecular weight excluding hydrogens is 120 g/mol. The predicted molar refractivity (Wildman–Crippen MR) is 29.5 cm³/mol. The molecule has 0 spiro atoms. The lowest BCUT2D eigenvalue weighted by atomic mass is 10.2. The minimum Gasteiger partial charge on any atom is -0.550 e. The molecule has 0 bridgehead atoms. The molecule has 0 unspecified atom stereocenters. The summed E-state index contributed by atoms with van der Waals surface area (Å²) < 4.78 is 0. The molecule has 0 amide bonds. The van der Waals surface area contributed by atoms with Gasteiger partial charge in [-0.15, -0.1) is 0 Å². The summed E-state index contributed by atoms with van der Waals surface area (Å²) >= 11 is 0. The molecule has 0 aliphatic carbocycles. The summed E-state index contributed by atoms with van der Waals surface area (Å²) in [6.07, 6.45) is 0.374. The van der Waals surface area contributed by atoms with Crippen molar-refractivity contribution in [2.75, 3.05) is 0 Å². The number of aliphatic carboxylic acids is 1. The van der Waals surface area contributed by atoms with Gasteiger partial charge in [-0.3, -0.25) is 4.79 Å². The van der Waals surface area contributed by atoms with E-state index in [1.165, 1.54) is 0 Å². The molecule has 0 aliphatic heterocycles. The van der Waals surface area contributed by atoms with Gasteiger partial charge in [0.05, 0.1) is 0 Å². The first-order chi connectivity index (χ1) is 4.16. The molecular formula is C6H9O3-. The van der Waals surface area contributed by atoms with E-state index in [-0.39, 0.29) is 18.6 Å². The van der Waals surface area contributed by atoms with Gasteiger partial charge in [-0.05, 0) is 6.42 Å². The summed E-state index contributed by atoms with van der Waals surface area (Å²) in [7, 11) is 0. The van der Waals surface area contributed by atoms with Crippen molar-refractivity contribution in [3.05, 3.63) is 0 Å². The van der Waals surface area contributed by atoms with Crippen molar-refractivity contribution in [1.82, 2.24) is 0 Å². The topological polar surface area (TPSA) is 57.2 Å². The Bertz CT molecular complexity index is 117. The van der Waals surface area contributed by atoms with Crippen molar-refractivity contribution in [3.63, 3.8) is 0 Å². The second-order valence-corrected chi connectivity index (χ2v) is 1.76. The highest BCUT2D eigenvalue weighted by Gasteiger charge is 1.96. The number of carbonyl (C=O) groups is 2. The predicted octanol–water partition coefficient (Wildman–Crippen LogP) is -0.504. The average molecular weight is 129 g/mol. The molecule has 0 saturated carbocycles. The van der Waals surface area contributed by atoms with Gasteiger partial charge in [0.1, 0.15) is 5.78 Å². The third-order valence-corrected chi connectivity index (χ3v) is 1.00. The van der Waals surface area contributed by atoms with Crippen LogP contribution in [-0.2, 0) is 9.59 Å². The van der Waals surface area contributed by atoms with Gasteiger partial charge in [-0.1, -0.05) is 6.92 Å². The Kier molecular flexibility index (Phi) is 3.67. The molecule has 0 N–H and O–H groups in total.